The molecular weight excluding hydrogens is 480 g/mol. The molecule has 3 aliphatic rings. The molecule has 4 heterocycles. The van der Waals surface area contributed by atoms with Gasteiger partial charge in [0.1, 0.15) is 5.69 Å². The number of Topliss-reactive ketones (excluding diaryl/α,β-unsaturated/α-hetero) is 1. The highest BCUT2D eigenvalue weighted by Crippen LogP contribution is 2.47. The Labute approximate surface area is 209 Å². The van der Waals surface area contributed by atoms with Gasteiger partial charge in [0.25, 0.3) is 0 Å². The van der Waals surface area contributed by atoms with Crippen molar-refractivity contribution in [3.05, 3.63) is 83.7 Å². The lowest BCUT2D eigenvalue weighted by molar-refractivity contribution is -0.131. The minimum atomic E-state index is -3.67. The predicted octanol–water partition coefficient (Wildman–Crippen LogP) is 3.81. The molecule has 2 aromatic carbocycles. The van der Waals surface area contributed by atoms with Crippen molar-refractivity contribution in [1.82, 2.24) is 9.29 Å². The molecule has 3 aliphatic heterocycles. The first-order valence-corrected chi connectivity index (χ1v) is 13.2. The molecule has 36 heavy (non-hydrogen) atoms. The van der Waals surface area contributed by atoms with E-state index in [1.807, 2.05) is 19.1 Å². The van der Waals surface area contributed by atoms with Crippen LogP contribution in [0.15, 0.2) is 71.8 Å². The maximum atomic E-state index is 14.0. The molecule has 0 amide bonds. The van der Waals surface area contributed by atoms with Crippen molar-refractivity contribution >= 4 is 27.1 Å². The molecule has 0 N–H and O–H groups in total. The summed E-state index contributed by atoms with van der Waals surface area (Å²) in [6, 6.07) is 17.6. The number of ketones is 1. The van der Waals surface area contributed by atoms with Crippen molar-refractivity contribution in [2.24, 2.45) is 0 Å². The average Bonchev–Trinajstić information content (AvgIpc) is 3.47. The highest BCUT2D eigenvalue weighted by atomic mass is 32.2. The minimum absolute atomic E-state index is 0.130. The molecule has 6 rings (SSSR count). The van der Waals surface area contributed by atoms with Crippen LogP contribution in [0.3, 0.4) is 0 Å². The third-order valence-electron chi connectivity index (χ3n) is 6.91. The number of hydrogen-bond acceptors (Lipinski definition) is 7. The lowest BCUT2D eigenvalue weighted by Crippen LogP contribution is -2.50. The maximum absolute atomic E-state index is 14.0. The summed E-state index contributed by atoms with van der Waals surface area (Å²) >= 11 is 0. The average molecular weight is 505 g/mol. The van der Waals surface area contributed by atoms with E-state index in [1.54, 1.807) is 54.7 Å². The molecule has 0 radical (unpaired) electrons. The standard InChI is InChI=1S/C27H24N2O6S/c1-18-5-8-20(9-6-18)36(31,32)29-14-11-27(12-15-29)26(30)24(25(35-27)21-4-2-3-13-28-21)19-7-10-22-23(16-19)34-17-33-22/h2-10,13,16H,11-12,14-15,17H2,1H3. The molecule has 3 aromatic rings. The summed E-state index contributed by atoms with van der Waals surface area (Å²) in [7, 11) is -3.67. The van der Waals surface area contributed by atoms with E-state index in [1.165, 1.54) is 4.31 Å². The summed E-state index contributed by atoms with van der Waals surface area (Å²) < 4.78 is 45.2. The van der Waals surface area contributed by atoms with Crippen molar-refractivity contribution in [1.29, 1.82) is 0 Å². The number of benzene rings is 2. The van der Waals surface area contributed by atoms with Crippen LogP contribution in [0, 0.1) is 6.92 Å². The van der Waals surface area contributed by atoms with E-state index in [0.717, 1.165) is 5.56 Å². The van der Waals surface area contributed by atoms with Gasteiger partial charge in [-0.3, -0.25) is 9.78 Å². The number of nitrogens with zero attached hydrogens (tertiary/aromatic N) is 2. The zero-order chi connectivity index (χ0) is 24.9. The van der Waals surface area contributed by atoms with Gasteiger partial charge in [0.05, 0.1) is 10.5 Å². The van der Waals surface area contributed by atoms with E-state index >= 15 is 0 Å². The molecular formula is C27H24N2O6S. The number of hydrogen-bond donors (Lipinski definition) is 0. The second-order valence-corrected chi connectivity index (χ2v) is 11.1. The molecule has 1 saturated heterocycles. The topological polar surface area (TPSA) is 95.0 Å². The van der Waals surface area contributed by atoms with Crippen LogP contribution in [0.5, 0.6) is 11.5 Å². The Hall–Kier alpha value is -3.69. The third-order valence-corrected chi connectivity index (χ3v) is 8.83. The minimum Gasteiger partial charge on any atom is -0.476 e. The van der Waals surface area contributed by atoms with Gasteiger partial charge in [-0.15, -0.1) is 0 Å². The lowest BCUT2D eigenvalue weighted by atomic mass is 9.84. The number of carbonyl (C=O) groups excluding carboxylic acids is 1. The number of fused-ring (bicyclic) bond motifs is 1. The van der Waals surface area contributed by atoms with E-state index in [9.17, 15) is 13.2 Å². The van der Waals surface area contributed by atoms with Gasteiger partial charge in [0.2, 0.25) is 22.6 Å². The summed E-state index contributed by atoms with van der Waals surface area (Å²) in [5.74, 6) is 1.41. The number of pyridine rings is 1. The van der Waals surface area contributed by atoms with E-state index in [0.29, 0.717) is 34.1 Å². The van der Waals surface area contributed by atoms with Gasteiger partial charge in [-0.25, -0.2) is 8.42 Å². The number of carbonyl (C=O) groups is 1. The SMILES string of the molecule is Cc1ccc(S(=O)(=O)N2CCC3(CC2)OC(c2ccccn2)=C(c2ccc4c(c2)OCO4)C3=O)cc1. The van der Waals surface area contributed by atoms with Crippen LogP contribution >= 0.6 is 0 Å². The van der Waals surface area contributed by atoms with Crippen LogP contribution in [-0.2, 0) is 19.6 Å². The van der Waals surface area contributed by atoms with Crippen molar-refractivity contribution < 1.29 is 27.4 Å². The first kappa shape index (κ1) is 22.8. The van der Waals surface area contributed by atoms with Gasteiger partial charge >= 0.3 is 0 Å². The number of rotatable bonds is 4. The van der Waals surface area contributed by atoms with Crippen molar-refractivity contribution in [2.75, 3.05) is 19.9 Å². The zero-order valence-electron chi connectivity index (χ0n) is 19.6. The highest BCUT2D eigenvalue weighted by molar-refractivity contribution is 7.89. The van der Waals surface area contributed by atoms with Gasteiger partial charge in [0, 0.05) is 32.1 Å². The first-order valence-electron chi connectivity index (χ1n) is 11.7. The van der Waals surface area contributed by atoms with Gasteiger partial charge in [-0.05, 0) is 48.9 Å². The Balaban J connectivity index is 1.32. The molecule has 1 fully saturated rings. The molecule has 0 unspecified atom stereocenters. The summed E-state index contributed by atoms with van der Waals surface area (Å²) in [4.78, 5) is 18.7. The first-order chi connectivity index (χ1) is 17.4. The summed E-state index contributed by atoms with van der Waals surface area (Å²) in [5.41, 5.74) is 1.45. The fraction of sp³-hybridized carbons (Fsp3) is 0.259. The second kappa shape index (κ2) is 8.46. The summed E-state index contributed by atoms with van der Waals surface area (Å²) in [5, 5.41) is 0. The van der Waals surface area contributed by atoms with Crippen molar-refractivity contribution in [3.63, 3.8) is 0 Å². The van der Waals surface area contributed by atoms with Crippen LogP contribution < -0.4 is 9.47 Å². The van der Waals surface area contributed by atoms with Gasteiger partial charge in [-0.1, -0.05) is 29.8 Å². The maximum Gasteiger partial charge on any atom is 0.243 e. The molecule has 0 saturated carbocycles. The quantitative estimate of drug-likeness (QED) is 0.533. The van der Waals surface area contributed by atoms with E-state index in [4.69, 9.17) is 14.2 Å². The molecule has 184 valence electrons. The van der Waals surface area contributed by atoms with Crippen LogP contribution in [0.1, 0.15) is 29.7 Å². The molecule has 9 heteroatoms. The largest absolute Gasteiger partial charge is 0.476 e. The fourth-order valence-corrected chi connectivity index (χ4v) is 6.33. The molecule has 0 atom stereocenters. The van der Waals surface area contributed by atoms with Crippen LogP contribution in [-0.4, -0.2) is 49.0 Å². The van der Waals surface area contributed by atoms with Crippen LogP contribution in [0.25, 0.3) is 11.3 Å². The third kappa shape index (κ3) is 3.66. The molecule has 0 bridgehead atoms. The molecule has 1 aromatic heterocycles. The van der Waals surface area contributed by atoms with Gasteiger partial charge in [0.15, 0.2) is 22.9 Å². The number of piperidine rings is 1. The number of aromatic nitrogens is 1. The molecule has 8 nitrogen and oxygen atoms in total. The molecule has 0 aliphatic carbocycles. The Morgan fingerprint density at radius 3 is 2.42 bits per heavy atom. The monoisotopic (exact) mass is 504 g/mol. The Morgan fingerprint density at radius 1 is 0.944 bits per heavy atom. The van der Waals surface area contributed by atoms with Gasteiger partial charge < -0.3 is 14.2 Å². The van der Waals surface area contributed by atoms with E-state index in [-0.39, 0.29) is 43.4 Å². The smallest absolute Gasteiger partial charge is 0.243 e. The fourth-order valence-electron chi connectivity index (χ4n) is 4.89. The highest BCUT2D eigenvalue weighted by Gasteiger charge is 2.53. The van der Waals surface area contributed by atoms with Crippen molar-refractivity contribution in [2.45, 2.75) is 30.3 Å². The van der Waals surface area contributed by atoms with Crippen molar-refractivity contribution in [3.8, 4) is 11.5 Å². The normalized spacial score (nSPS) is 19.1. The second-order valence-electron chi connectivity index (χ2n) is 9.13. The number of ether oxygens (including phenoxy) is 3. The van der Waals surface area contributed by atoms with Gasteiger partial charge in [-0.2, -0.15) is 4.31 Å². The van der Waals surface area contributed by atoms with Crippen LogP contribution in [0.2, 0.25) is 0 Å². The summed E-state index contributed by atoms with van der Waals surface area (Å²) in [6.07, 6.45) is 2.12. The predicted molar refractivity (Wildman–Crippen MR) is 132 cm³/mol. The zero-order valence-corrected chi connectivity index (χ0v) is 20.5. The number of aryl methyl sites for hydroxylation is 1. The van der Waals surface area contributed by atoms with E-state index in [2.05, 4.69) is 4.98 Å². The molecule has 1 spiro atoms. The van der Waals surface area contributed by atoms with Crippen LogP contribution in [0.4, 0.5) is 0 Å². The Kier molecular flexibility index (Phi) is 5.35. The Morgan fingerprint density at radius 2 is 1.69 bits per heavy atom. The lowest BCUT2D eigenvalue weighted by Gasteiger charge is -2.37. The van der Waals surface area contributed by atoms with E-state index < -0.39 is 15.6 Å². The number of sulfonamides is 1. The summed E-state index contributed by atoms with van der Waals surface area (Å²) in [6.45, 7) is 2.39. The Bertz CT molecular complexity index is 1470.